The molecule has 0 unspecified atom stereocenters. The first kappa shape index (κ1) is 17.1. The summed E-state index contributed by atoms with van der Waals surface area (Å²) in [4.78, 5) is 4.91. The molecule has 9 heteroatoms. The van der Waals surface area contributed by atoms with Gasteiger partial charge in [-0.15, -0.1) is 24.8 Å². The lowest BCUT2D eigenvalue weighted by Crippen LogP contribution is -2.56. The van der Waals surface area contributed by atoms with E-state index in [1.54, 1.807) is 12.1 Å². The number of anilines is 2. The number of piperazine rings is 1. The highest BCUT2D eigenvalue weighted by Crippen LogP contribution is 2.31. The Bertz CT molecular complexity index is 380. The van der Waals surface area contributed by atoms with Crippen molar-refractivity contribution in [1.82, 2.24) is 10.3 Å². The molecule has 1 aliphatic rings. The second kappa shape index (κ2) is 6.89. The zero-order valence-electron chi connectivity index (χ0n) is 9.40. The van der Waals surface area contributed by atoms with E-state index in [2.05, 4.69) is 15.7 Å². The molecule has 4 N–H and O–H groups in total. The third kappa shape index (κ3) is 3.32. The molecule has 1 aromatic heterocycles. The van der Waals surface area contributed by atoms with Crippen LogP contribution in [0.2, 0.25) is 0 Å². The third-order valence-corrected chi connectivity index (χ3v) is 2.46. The molecule has 0 atom stereocenters. The van der Waals surface area contributed by atoms with Crippen LogP contribution >= 0.6 is 24.8 Å². The molecular weight excluding hydrogens is 287 g/mol. The summed E-state index contributed by atoms with van der Waals surface area (Å²) >= 11 is 0. The Morgan fingerprint density at radius 3 is 2.78 bits per heavy atom. The van der Waals surface area contributed by atoms with Crippen molar-refractivity contribution in [1.29, 1.82) is 0 Å². The minimum absolute atomic E-state index is 0. The molecule has 2 rings (SSSR count). The maximum Gasteiger partial charge on any atom is 0.338 e. The van der Waals surface area contributed by atoms with Crippen LogP contribution in [0.25, 0.3) is 0 Å². The minimum atomic E-state index is -2.92. The normalized spacial score (nSPS) is 17.4. The van der Waals surface area contributed by atoms with Crippen LogP contribution in [-0.2, 0) is 0 Å². The lowest BCUT2D eigenvalue weighted by Gasteiger charge is -2.37. The van der Waals surface area contributed by atoms with Gasteiger partial charge in [0, 0.05) is 19.3 Å². The van der Waals surface area contributed by atoms with Gasteiger partial charge in [0.05, 0.1) is 12.2 Å². The van der Waals surface area contributed by atoms with Gasteiger partial charge in [0.25, 0.3) is 0 Å². The first-order valence-electron chi connectivity index (χ1n) is 4.93. The SMILES string of the molecule is Cl.Cl.NNc1ncccc1N1CCNCC1(F)F. The highest BCUT2D eigenvalue weighted by Gasteiger charge is 2.40. The molecule has 0 spiro atoms. The van der Waals surface area contributed by atoms with Crippen molar-refractivity contribution in [3.63, 3.8) is 0 Å². The molecule has 0 radical (unpaired) electrons. The maximum absolute atomic E-state index is 13.6. The Morgan fingerprint density at radius 2 is 2.17 bits per heavy atom. The van der Waals surface area contributed by atoms with Crippen molar-refractivity contribution in [3.8, 4) is 0 Å². The molecule has 0 aliphatic carbocycles. The van der Waals surface area contributed by atoms with Crippen molar-refractivity contribution in [3.05, 3.63) is 18.3 Å². The zero-order valence-corrected chi connectivity index (χ0v) is 11.0. The fourth-order valence-corrected chi connectivity index (χ4v) is 1.71. The first-order valence-corrected chi connectivity index (χ1v) is 4.93. The molecule has 1 aromatic rings. The summed E-state index contributed by atoms with van der Waals surface area (Å²) < 4.78 is 27.3. The van der Waals surface area contributed by atoms with Crippen LogP contribution in [0.5, 0.6) is 0 Å². The van der Waals surface area contributed by atoms with Gasteiger partial charge in [-0.1, -0.05) is 0 Å². The quantitative estimate of drug-likeness (QED) is 0.435. The average Bonchev–Trinajstić information content (AvgIpc) is 2.28. The lowest BCUT2D eigenvalue weighted by atomic mass is 10.2. The van der Waals surface area contributed by atoms with E-state index in [0.717, 1.165) is 4.90 Å². The van der Waals surface area contributed by atoms with Gasteiger partial charge >= 0.3 is 6.05 Å². The molecule has 1 aliphatic heterocycles. The van der Waals surface area contributed by atoms with Crippen LogP contribution in [0.3, 0.4) is 0 Å². The molecule has 2 heterocycles. The largest absolute Gasteiger partial charge is 0.338 e. The van der Waals surface area contributed by atoms with E-state index >= 15 is 0 Å². The number of hydrogen-bond acceptors (Lipinski definition) is 5. The summed E-state index contributed by atoms with van der Waals surface area (Å²) in [5.74, 6) is 5.50. The van der Waals surface area contributed by atoms with Crippen molar-refractivity contribution in [2.45, 2.75) is 6.05 Å². The average molecular weight is 302 g/mol. The van der Waals surface area contributed by atoms with Gasteiger partial charge in [0.15, 0.2) is 5.82 Å². The summed E-state index contributed by atoms with van der Waals surface area (Å²) in [7, 11) is 0. The van der Waals surface area contributed by atoms with Gasteiger partial charge < -0.3 is 15.6 Å². The number of pyridine rings is 1. The Kier molecular flexibility index (Phi) is 6.55. The Balaban J connectivity index is 0.00000144. The predicted octanol–water partition coefficient (Wildman–Crippen LogP) is 1.21. The first-order chi connectivity index (χ1) is 7.65. The van der Waals surface area contributed by atoms with Crippen LogP contribution in [0.15, 0.2) is 18.3 Å². The summed E-state index contributed by atoms with van der Waals surface area (Å²) in [5.41, 5.74) is 2.64. The molecular formula is C9H15Cl2F2N5. The van der Waals surface area contributed by atoms with E-state index in [-0.39, 0.29) is 43.7 Å². The van der Waals surface area contributed by atoms with E-state index in [0.29, 0.717) is 12.2 Å². The van der Waals surface area contributed by atoms with Crippen LogP contribution in [0.1, 0.15) is 0 Å². The lowest BCUT2D eigenvalue weighted by molar-refractivity contribution is -0.0120. The van der Waals surface area contributed by atoms with E-state index in [1.165, 1.54) is 6.20 Å². The number of nitrogens with zero attached hydrogens (tertiary/aromatic N) is 2. The van der Waals surface area contributed by atoms with Gasteiger partial charge in [-0.3, -0.25) is 0 Å². The van der Waals surface area contributed by atoms with Gasteiger partial charge in [0.2, 0.25) is 0 Å². The third-order valence-electron chi connectivity index (χ3n) is 2.46. The highest BCUT2D eigenvalue weighted by molar-refractivity contribution is 5.85. The topological polar surface area (TPSA) is 66.2 Å². The van der Waals surface area contributed by atoms with Crippen LogP contribution in [-0.4, -0.2) is 30.7 Å². The van der Waals surface area contributed by atoms with Gasteiger partial charge in [-0.05, 0) is 12.1 Å². The summed E-state index contributed by atoms with van der Waals surface area (Å²) in [5, 5.41) is 2.65. The number of hydrogen-bond donors (Lipinski definition) is 3. The molecule has 1 fully saturated rings. The number of rotatable bonds is 2. The molecule has 0 bridgehead atoms. The highest BCUT2D eigenvalue weighted by atomic mass is 35.5. The van der Waals surface area contributed by atoms with E-state index in [4.69, 9.17) is 5.84 Å². The molecule has 18 heavy (non-hydrogen) atoms. The standard InChI is InChI=1S/C9H13F2N5.2ClH/c10-9(11)6-13-4-5-16(9)7-2-1-3-14-8(7)15-12;;/h1-3,13H,4-6,12H2,(H,14,15);2*1H. The zero-order chi connectivity index (χ0) is 11.6. The minimum Gasteiger partial charge on any atom is -0.308 e. The number of nitrogens with two attached hydrogens (primary N) is 1. The fourth-order valence-electron chi connectivity index (χ4n) is 1.71. The molecule has 5 nitrogen and oxygen atoms in total. The number of nitrogens with one attached hydrogen (secondary N) is 2. The summed E-state index contributed by atoms with van der Waals surface area (Å²) in [6.07, 6.45) is 1.50. The summed E-state index contributed by atoms with van der Waals surface area (Å²) in [6.45, 7) is 0.355. The molecule has 1 saturated heterocycles. The van der Waals surface area contributed by atoms with Gasteiger partial charge in [0.1, 0.15) is 0 Å². The number of halogens is 4. The Hall–Kier alpha value is -0.890. The van der Waals surface area contributed by atoms with Crippen molar-refractivity contribution < 1.29 is 8.78 Å². The second-order valence-electron chi connectivity index (χ2n) is 3.51. The number of hydrazine groups is 1. The van der Waals surface area contributed by atoms with E-state index < -0.39 is 6.05 Å². The van der Waals surface area contributed by atoms with Crippen molar-refractivity contribution in [2.75, 3.05) is 30.0 Å². The molecule has 0 amide bonds. The monoisotopic (exact) mass is 301 g/mol. The van der Waals surface area contributed by atoms with Gasteiger partial charge in [-0.25, -0.2) is 10.8 Å². The van der Waals surface area contributed by atoms with Crippen LogP contribution in [0, 0.1) is 0 Å². The molecule has 0 saturated carbocycles. The number of aromatic nitrogens is 1. The van der Waals surface area contributed by atoms with Crippen molar-refractivity contribution in [2.24, 2.45) is 5.84 Å². The Morgan fingerprint density at radius 1 is 1.44 bits per heavy atom. The maximum atomic E-state index is 13.6. The van der Waals surface area contributed by atoms with E-state index in [9.17, 15) is 8.78 Å². The second-order valence-corrected chi connectivity index (χ2v) is 3.51. The van der Waals surface area contributed by atoms with E-state index in [1.807, 2.05) is 0 Å². The van der Waals surface area contributed by atoms with Crippen LogP contribution in [0.4, 0.5) is 20.3 Å². The summed E-state index contributed by atoms with van der Waals surface area (Å²) in [6, 6.07) is 0.253. The van der Waals surface area contributed by atoms with Crippen molar-refractivity contribution >= 4 is 36.3 Å². The van der Waals surface area contributed by atoms with Gasteiger partial charge in [-0.2, -0.15) is 8.78 Å². The predicted molar refractivity (Wildman–Crippen MR) is 71.7 cm³/mol. The number of nitrogen functional groups attached to an aromatic ring is 1. The van der Waals surface area contributed by atoms with Crippen LogP contribution < -0.4 is 21.5 Å². The molecule has 104 valence electrons. The Labute approximate surface area is 116 Å². The number of alkyl halides is 2. The smallest absolute Gasteiger partial charge is 0.308 e. The molecule has 0 aromatic carbocycles. The fraction of sp³-hybridized carbons (Fsp3) is 0.444.